The minimum absolute atomic E-state index is 0.0387. The van der Waals surface area contributed by atoms with Gasteiger partial charge in [0.15, 0.2) is 17.4 Å². The molecule has 0 saturated heterocycles. The Kier molecular flexibility index (Phi) is 5.56. The molecule has 0 spiro atoms. The minimum atomic E-state index is -0.0387. The molecule has 2 heterocycles. The summed E-state index contributed by atoms with van der Waals surface area (Å²) >= 11 is 3.54. The van der Waals surface area contributed by atoms with Crippen LogP contribution in [0.1, 0.15) is 25.2 Å². The molecule has 0 atom stereocenters. The number of benzene rings is 1. The maximum atomic E-state index is 4.31. The molecule has 0 amide bonds. The summed E-state index contributed by atoms with van der Waals surface area (Å²) in [5.74, 6) is 1.58. The largest absolute Gasteiger partial charge is 0.356 e. The van der Waals surface area contributed by atoms with Gasteiger partial charge >= 0.3 is 0 Å². The van der Waals surface area contributed by atoms with Crippen LogP contribution in [0, 0.1) is 0 Å². The van der Waals surface area contributed by atoms with Crippen LogP contribution in [-0.4, -0.2) is 34.2 Å². The Morgan fingerprint density at radius 3 is 2.77 bits per heavy atom. The molecule has 0 unspecified atom stereocenters. The summed E-state index contributed by atoms with van der Waals surface area (Å²) in [4.78, 5) is 4.31. The van der Waals surface area contributed by atoms with Crippen molar-refractivity contribution in [2.45, 2.75) is 25.8 Å². The van der Waals surface area contributed by atoms with Crippen molar-refractivity contribution in [3.05, 3.63) is 64.5 Å². The van der Waals surface area contributed by atoms with Crippen LogP contribution in [0.25, 0.3) is 5.65 Å². The number of aromatic nitrogens is 3. The van der Waals surface area contributed by atoms with Gasteiger partial charge in [0.2, 0.25) is 0 Å². The second-order valence-electron chi connectivity index (χ2n) is 6.72. The first-order valence-corrected chi connectivity index (χ1v) is 9.28. The summed E-state index contributed by atoms with van der Waals surface area (Å²) in [6, 6.07) is 14.2. The average molecular weight is 415 g/mol. The molecule has 2 aromatic heterocycles. The van der Waals surface area contributed by atoms with Crippen LogP contribution < -0.4 is 10.6 Å². The van der Waals surface area contributed by atoms with E-state index in [1.54, 1.807) is 7.05 Å². The van der Waals surface area contributed by atoms with E-state index in [1.165, 1.54) is 5.56 Å². The number of fused-ring (bicyclic) bond motifs is 1. The first-order chi connectivity index (χ1) is 12.5. The summed E-state index contributed by atoms with van der Waals surface area (Å²) in [5, 5.41) is 15.1. The van der Waals surface area contributed by atoms with E-state index >= 15 is 0 Å². The molecule has 0 saturated carbocycles. The number of hydrogen-bond acceptors (Lipinski definition) is 3. The van der Waals surface area contributed by atoms with Gasteiger partial charge in [-0.3, -0.25) is 9.39 Å². The van der Waals surface area contributed by atoms with Gasteiger partial charge in [0, 0.05) is 29.7 Å². The van der Waals surface area contributed by atoms with Crippen molar-refractivity contribution in [2.75, 3.05) is 13.6 Å². The summed E-state index contributed by atoms with van der Waals surface area (Å²) in [5.41, 5.74) is 2.06. The van der Waals surface area contributed by atoms with E-state index in [9.17, 15) is 0 Å². The molecule has 0 aliphatic heterocycles. The zero-order chi connectivity index (χ0) is 18.6. The number of halogens is 1. The predicted molar refractivity (Wildman–Crippen MR) is 108 cm³/mol. The summed E-state index contributed by atoms with van der Waals surface area (Å²) in [6.45, 7) is 5.72. The summed E-state index contributed by atoms with van der Waals surface area (Å²) in [7, 11) is 1.77. The molecule has 3 rings (SSSR count). The maximum absolute atomic E-state index is 4.31. The van der Waals surface area contributed by atoms with Gasteiger partial charge in [-0.15, -0.1) is 10.2 Å². The number of rotatable bonds is 5. The smallest absolute Gasteiger partial charge is 0.191 e. The van der Waals surface area contributed by atoms with Crippen molar-refractivity contribution in [1.82, 2.24) is 25.2 Å². The van der Waals surface area contributed by atoms with E-state index in [2.05, 4.69) is 73.8 Å². The van der Waals surface area contributed by atoms with Crippen molar-refractivity contribution in [2.24, 2.45) is 4.99 Å². The Labute approximate surface area is 161 Å². The van der Waals surface area contributed by atoms with Crippen molar-refractivity contribution in [3.63, 3.8) is 0 Å². The van der Waals surface area contributed by atoms with Crippen LogP contribution >= 0.6 is 15.9 Å². The van der Waals surface area contributed by atoms with Gasteiger partial charge < -0.3 is 10.6 Å². The highest BCUT2D eigenvalue weighted by molar-refractivity contribution is 9.10. The monoisotopic (exact) mass is 414 g/mol. The molecule has 0 fully saturated rings. The van der Waals surface area contributed by atoms with E-state index in [4.69, 9.17) is 0 Å². The Morgan fingerprint density at radius 1 is 1.15 bits per heavy atom. The van der Waals surface area contributed by atoms with Crippen LogP contribution in [0.3, 0.4) is 0 Å². The third-order valence-electron chi connectivity index (χ3n) is 4.33. The molecule has 1 aromatic carbocycles. The van der Waals surface area contributed by atoms with Crippen LogP contribution in [-0.2, 0) is 12.0 Å². The highest BCUT2D eigenvalue weighted by Gasteiger charge is 2.21. The van der Waals surface area contributed by atoms with Crippen molar-refractivity contribution < 1.29 is 0 Å². The van der Waals surface area contributed by atoms with E-state index in [0.717, 1.165) is 28.4 Å². The van der Waals surface area contributed by atoms with Crippen LogP contribution in [0.5, 0.6) is 0 Å². The van der Waals surface area contributed by atoms with E-state index in [0.29, 0.717) is 6.54 Å². The van der Waals surface area contributed by atoms with Gasteiger partial charge in [-0.05, 0) is 29.8 Å². The molecule has 7 heteroatoms. The molecule has 0 aliphatic rings. The minimum Gasteiger partial charge on any atom is -0.356 e. The van der Waals surface area contributed by atoms with Gasteiger partial charge in [-0.1, -0.05) is 48.0 Å². The lowest BCUT2D eigenvalue weighted by Crippen LogP contribution is -2.43. The van der Waals surface area contributed by atoms with Crippen molar-refractivity contribution in [3.8, 4) is 0 Å². The number of guanidine groups is 1. The van der Waals surface area contributed by atoms with Crippen LogP contribution in [0.15, 0.2) is 58.1 Å². The van der Waals surface area contributed by atoms with E-state index < -0.39 is 0 Å². The molecule has 0 bridgehead atoms. The summed E-state index contributed by atoms with van der Waals surface area (Å²) in [6.07, 6.45) is 1.96. The molecule has 0 radical (unpaired) electrons. The number of nitrogens with one attached hydrogen (secondary N) is 2. The number of nitrogens with zero attached hydrogens (tertiary/aromatic N) is 4. The predicted octanol–water partition coefficient (Wildman–Crippen LogP) is 3.13. The fourth-order valence-corrected chi connectivity index (χ4v) is 3.11. The molecular formula is C19H23BrN6. The van der Waals surface area contributed by atoms with Crippen LogP contribution in [0.4, 0.5) is 0 Å². The van der Waals surface area contributed by atoms with E-state index in [-0.39, 0.29) is 5.41 Å². The Balaban J connectivity index is 1.61. The zero-order valence-corrected chi connectivity index (χ0v) is 16.8. The molecule has 6 nitrogen and oxygen atoms in total. The average Bonchev–Trinajstić information content (AvgIpc) is 3.05. The Bertz CT molecular complexity index is 915. The molecule has 26 heavy (non-hydrogen) atoms. The molecule has 136 valence electrons. The van der Waals surface area contributed by atoms with Gasteiger partial charge in [-0.2, -0.15) is 0 Å². The normalized spacial score (nSPS) is 12.4. The SMILES string of the molecule is CN=C(NCc1nnc2ccccn12)NCC(C)(C)c1cccc(Br)c1. The fraction of sp³-hybridized carbons (Fsp3) is 0.316. The van der Waals surface area contributed by atoms with Gasteiger partial charge in [0.05, 0.1) is 6.54 Å². The first kappa shape index (κ1) is 18.4. The number of hydrogen-bond donors (Lipinski definition) is 2. The highest BCUT2D eigenvalue weighted by atomic mass is 79.9. The number of pyridine rings is 1. The van der Waals surface area contributed by atoms with Crippen molar-refractivity contribution >= 4 is 27.5 Å². The molecule has 2 N–H and O–H groups in total. The highest BCUT2D eigenvalue weighted by Crippen LogP contribution is 2.25. The van der Waals surface area contributed by atoms with Crippen molar-refractivity contribution in [1.29, 1.82) is 0 Å². The van der Waals surface area contributed by atoms with Crippen LogP contribution in [0.2, 0.25) is 0 Å². The second kappa shape index (κ2) is 7.86. The molecule has 3 aromatic rings. The summed E-state index contributed by atoms with van der Waals surface area (Å²) < 4.78 is 3.05. The third kappa shape index (κ3) is 4.22. The number of aliphatic imine (C=N–C) groups is 1. The Hall–Kier alpha value is -2.41. The second-order valence-corrected chi connectivity index (χ2v) is 7.63. The van der Waals surface area contributed by atoms with Gasteiger partial charge in [0.1, 0.15) is 0 Å². The molecule has 0 aliphatic carbocycles. The third-order valence-corrected chi connectivity index (χ3v) is 4.82. The standard InChI is InChI=1S/C19H23BrN6/c1-19(2,14-7-6-8-15(20)11-14)13-23-18(21-3)22-12-17-25-24-16-9-4-5-10-26(16)17/h4-11H,12-13H2,1-3H3,(H2,21,22,23). The lowest BCUT2D eigenvalue weighted by atomic mass is 9.85. The Morgan fingerprint density at radius 2 is 2.00 bits per heavy atom. The lowest BCUT2D eigenvalue weighted by Gasteiger charge is -2.27. The van der Waals surface area contributed by atoms with Gasteiger partial charge in [-0.25, -0.2) is 0 Å². The van der Waals surface area contributed by atoms with Gasteiger partial charge in [0.25, 0.3) is 0 Å². The zero-order valence-electron chi connectivity index (χ0n) is 15.2. The maximum Gasteiger partial charge on any atom is 0.191 e. The lowest BCUT2D eigenvalue weighted by molar-refractivity contribution is 0.508. The first-order valence-electron chi connectivity index (χ1n) is 8.49. The molecular weight excluding hydrogens is 392 g/mol. The quantitative estimate of drug-likeness (QED) is 0.497. The van der Waals surface area contributed by atoms with E-state index in [1.807, 2.05) is 34.9 Å². The topological polar surface area (TPSA) is 66.6 Å². The fourth-order valence-electron chi connectivity index (χ4n) is 2.71.